The zero-order valence-electron chi connectivity index (χ0n) is 13.3. The van der Waals surface area contributed by atoms with Crippen LogP contribution in [0.2, 0.25) is 0 Å². The van der Waals surface area contributed by atoms with E-state index in [1.54, 1.807) is 31.3 Å². The number of fused-ring (bicyclic) bond motifs is 1. The van der Waals surface area contributed by atoms with Crippen LogP contribution in [0.15, 0.2) is 54.7 Å². The minimum absolute atomic E-state index is 0.132. The molecule has 1 atom stereocenters. The molecule has 0 radical (unpaired) electrons. The first-order valence-electron chi connectivity index (χ1n) is 7.55. The summed E-state index contributed by atoms with van der Waals surface area (Å²) in [5.41, 5.74) is 0.897. The lowest BCUT2D eigenvalue weighted by Crippen LogP contribution is -2.13. The molecule has 0 saturated heterocycles. The van der Waals surface area contributed by atoms with Crippen LogP contribution in [0.5, 0.6) is 0 Å². The van der Waals surface area contributed by atoms with Gasteiger partial charge in [0.2, 0.25) is 0 Å². The van der Waals surface area contributed by atoms with E-state index < -0.39 is 16.6 Å². The Labute approximate surface area is 143 Å². The first-order chi connectivity index (χ1) is 12.0. The summed E-state index contributed by atoms with van der Waals surface area (Å²) in [6.45, 7) is 1.67. The number of pyridine rings is 1. The summed E-state index contributed by atoms with van der Waals surface area (Å²) >= 11 is 0. The van der Waals surface area contributed by atoms with Crippen molar-refractivity contribution >= 4 is 22.2 Å². The summed E-state index contributed by atoms with van der Waals surface area (Å²) in [5, 5.41) is 22.2. The molecule has 25 heavy (non-hydrogen) atoms. The fourth-order valence-electron chi connectivity index (χ4n) is 2.79. The van der Waals surface area contributed by atoms with E-state index in [0.29, 0.717) is 16.6 Å². The molecule has 1 unspecified atom stereocenters. The van der Waals surface area contributed by atoms with E-state index in [4.69, 9.17) is 0 Å². The van der Waals surface area contributed by atoms with Crippen molar-refractivity contribution in [3.63, 3.8) is 0 Å². The van der Waals surface area contributed by atoms with Crippen LogP contribution in [-0.2, 0) is 0 Å². The standard InChI is InChI=1S/C19H13N3O3/c1-12-8-14(10-15(9-12)22(24)25)19(23)17(11-20)18-16-5-3-2-4-13(16)6-7-21-18/h2-10,17H,1H3. The van der Waals surface area contributed by atoms with Crippen molar-refractivity contribution in [2.45, 2.75) is 12.8 Å². The third-order valence-electron chi connectivity index (χ3n) is 3.93. The van der Waals surface area contributed by atoms with Crippen LogP contribution in [-0.4, -0.2) is 15.7 Å². The average Bonchev–Trinajstić information content (AvgIpc) is 2.62. The molecule has 1 heterocycles. The van der Waals surface area contributed by atoms with Gasteiger partial charge in [0, 0.05) is 29.3 Å². The highest BCUT2D eigenvalue weighted by atomic mass is 16.6. The first kappa shape index (κ1) is 16.3. The number of non-ortho nitro benzene ring substituents is 1. The van der Waals surface area contributed by atoms with Gasteiger partial charge in [0.25, 0.3) is 5.69 Å². The smallest absolute Gasteiger partial charge is 0.270 e. The van der Waals surface area contributed by atoms with Gasteiger partial charge >= 0.3 is 0 Å². The molecular weight excluding hydrogens is 318 g/mol. The van der Waals surface area contributed by atoms with Crippen LogP contribution in [0, 0.1) is 28.4 Å². The zero-order chi connectivity index (χ0) is 18.0. The predicted octanol–water partition coefficient (Wildman–Crippen LogP) is 3.94. The normalized spacial score (nSPS) is 11.7. The number of rotatable bonds is 4. The van der Waals surface area contributed by atoms with Gasteiger partial charge < -0.3 is 0 Å². The van der Waals surface area contributed by atoms with Gasteiger partial charge in [-0.1, -0.05) is 24.3 Å². The number of nitriles is 1. The van der Waals surface area contributed by atoms with Crippen LogP contribution in [0.4, 0.5) is 5.69 Å². The Bertz CT molecular complexity index is 1030. The van der Waals surface area contributed by atoms with Crippen LogP contribution < -0.4 is 0 Å². The predicted molar refractivity (Wildman–Crippen MR) is 92.3 cm³/mol. The number of carbonyl (C=O) groups excluding carboxylic acids is 1. The monoisotopic (exact) mass is 331 g/mol. The molecule has 0 amide bonds. The summed E-state index contributed by atoms with van der Waals surface area (Å²) in [6, 6.07) is 15.3. The van der Waals surface area contributed by atoms with Gasteiger partial charge in [-0.25, -0.2) is 0 Å². The number of hydrogen-bond donors (Lipinski definition) is 0. The van der Waals surface area contributed by atoms with Crippen LogP contribution in [0.25, 0.3) is 10.8 Å². The summed E-state index contributed by atoms with van der Waals surface area (Å²) in [7, 11) is 0. The van der Waals surface area contributed by atoms with Crippen molar-refractivity contribution in [2.24, 2.45) is 0 Å². The quantitative estimate of drug-likeness (QED) is 0.410. The lowest BCUT2D eigenvalue weighted by atomic mass is 9.91. The molecule has 0 spiro atoms. The zero-order valence-corrected chi connectivity index (χ0v) is 13.3. The highest BCUT2D eigenvalue weighted by molar-refractivity contribution is 6.05. The minimum atomic E-state index is -1.13. The number of nitrogens with zero attached hydrogens (tertiary/aromatic N) is 3. The van der Waals surface area contributed by atoms with E-state index >= 15 is 0 Å². The van der Waals surface area contributed by atoms with E-state index in [1.807, 2.05) is 24.3 Å². The maximum absolute atomic E-state index is 12.9. The Balaban J connectivity index is 2.11. The molecule has 1 aromatic heterocycles. The number of aromatic nitrogens is 1. The summed E-state index contributed by atoms with van der Waals surface area (Å²) in [6.07, 6.45) is 1.55. The number of hydrogen-bond acceptors (Lipinski definition) is 5. The Kier molecular flexibility index (Phi) is 4.23. The molecule has 3 aromatic rings. The SMILES string of the molecule is Cc1cc(C(=O)C(C#N)c2nccc3ccccc23)cc([N+](=O)[O-])c1. The fourth-order valence-corrected chi connectivity index (χ4v) is 2.79. The van der Waals surface area contributed by atoms with Crippen molar-refractivity contribution in [3.05, 3.63) is 81.7 Å². The lowest BCUT2D eigenvalue weighted by Gasteiger charge is -2.11. The Morgan fingerprint density at radius 3 is 2.72 bits per heavy atom. The van der Waals surface area contributed by atoms with Crippen LogP contribution in [0.3, 0.4) is 0 Å². The summed E-state index contributed by atoms with van der Waals surface area (Å²) in [4.78, 5) is 27.6. The van der Waals surface area contributed by atoms with Crippen molar-refractivity contribution < 1.29 is 9.72 Å². The van der Waals surface area contributed by atoms with Gasteiger partial charge in [-0.2, -0.15) is 5.26 Å². The Morgan fingerprint density at radius 2 is 2.00 bits per heavy atom. The van der Waals surface area contributed by atoms with E-state index in [0.717, 1.165) is 5.39 Å². The molecule has 6 heteroatoms. The number of benzene rings is 2. The Morgan fingerprint density at radius 1 is 1.24 bits per heavy atom. The van der Waals surface area contributed by atoms with Crippen molar-refractivity contribution in [1.82, 2.24) is 4.98 Å². The first-order valence-corrected chi connectivity index (χ1v) is 7.55. The van der Waals surface area contributed by atoms with E-state index in [9.17, 15) is 20.2 Å². The van der Waals surface area contributed by atoms with Gasteiger partial charge in [0.05, 0.1) is 16.7 Å². The van der Waals surface area contributed by atoms with E-state index in [2.05, 4.69) is 4.98 Å². The maximum atomic E-state index is 12.9. The van der Waals surface area contributed by atoms with Crippen LogP contribution >= 0.6 is 0 Å². The number of Topliss-reactive ketones (excluding diaryl/α,β-unsaturated/α-hetero) is 1. The number of aryl methyl sites for hydroxylation is 1. The third kappa shape index (κ3) is 3.08. The highest BCUT2D eigenvalue weighted by Gasteiger charge is 2.26. The molecule has 0 aliphatic rings. The highest BCUT2D eigenvalue weighted by Crippen LogP contribution is 2.27. The second-order valence-corrected chi connectivity index (χ2v) is 5.66. The maximum Gasteiger partial charge on any atom is 0.270 e. The minimum Gasteiger partial charge on any atom is -0.292 e. The van der Waals surface area contributed by atoms with Gasteiger partial charge in [0.15, 0.2) is 11.7 Å². The summed E-state index contributed by atoms with van der Waals surface area (Å²) in [5.74, 6) is -1.63. The second-order valence-electron chi connectivity index (χ2n) is 5.66. The van der Waals surface area contributed by atoms with E-state index in [1.165, 1.54) is 12.1 Å². The van der Waals surface area contributed by atoms with Crippen molar-refractivity contribution in [1.29, 1.82) is 5.26 Å². The largest absolute Gasteiger partial charge is 0.292 e. The summed E-state index contributed by atoms with van der Waals surface area (Å²) < 4.78 is 0. The molecule has 2 aromatic carbocycles. The van der Waals surface area contributed by atoms with Gasteiger partial charge in [-0.05, 0) is 30.0 Å². The lowest BCUT2D eigenvalue weighted by molar-refractivity contribution is -0.384. The number of carbonyl (C=O) groups is 1. The van der Waals surface area contributed by atoms with Gasteiger partial charge in [0.1, 0.15) is 0 Å². The molecule has 6 nitrogen and oxygen atoms in total. The van der Waals surface area contributed by atoms with Gasteiger partial charge in [-0.3, -0.25) is 19.9 Å². The Hall–Kier alpha value is -3.59. The number of nitro groups is 1. The topological polar surface area (TPSA) is 96.9 Å². The van der Waals surface area contributed by atoms with E-state index in [-0.39, 0.29) is 11.3 Å². The van der Waals surface area contributed by atoms with Crippen LogP contribution in [0.1, 0.15) is 27.5 Å². The molecule has 0 N–H and O–H groups in total. The van der Waals surface area contributed by atoms with Gasteiger partial charge in [-0.15, -0.1) is 0 Å². The van der Waals surface area contributed by atoms with Crippen molar-refractivity contribution in [3.8, 4) is 6.07 Å². The third-order valence-corrected chi connectivity index (χ3v) is 3.93. The number of ketones is 1. The molecule has 0 saturated carbocycles. The molecule has 0 aliphatic heterocycles. The second kappa shape index (κ2) is 6.49. The average molecular weight is 331 g/mol. The molecule has 0 bridgehead atoms. The molecule has 0 fully saturated rings. The molecule has 0 aliphatic carbocycles. The van der Waals surface area contributed by atoms with Crippen molar-refractivity contribution in [2.75, 3.05) is 0 Å². The molecular formula is C19H13N3O3. The molecule has 3 rings (SSSR count). The molecule has 122 valence electrons. The fraction of sp³-hybridized carbons (Fsp3) is 0.105. The number of nitro benzene ring substituents is 1.